The Labute approximate surface area is 172 Å². The fourth-order valence-corrected chi connectivity index (χ4v) is 3.26. The van der Waals surface area contributed by atoms with Crippen molar-refractivity contribution in [2.24, 2.45) is 0 Å². The summed E-state index contributed by atoms with van der Waals surface area (Å²) < 4.78 is 31.5. The third kappa shape index (κ3) is 4.40. The fraction of sp³-hybridized carbons (Fsp3) is 0.286. The SMILES string of the molecule is COc1ccc(C2(C)NC(=O)N(CC(=O)NCCc3cc(F)cc(F)c3)C2=O)cc1. The van der Waals surface area contributed by atoms with Gasteiger partial charge >= 0.3 is 6.03 Å². The summed E-state index contributed by atoms with van der Waals surface area (Å²) in [7, 11) is 1.52. The lowest BCUT2D eigenvalue weighted by Crippen LogP contribution is -2.43. The van der Waals surface area contributed by atoms with Crippen molar-refractivity contribution < 1.29 is 27.9 Å². The van der Waals surface area contributed by atoms with Crippen LogP contribution in [0.1, 0.15) is 18.1 Å². The summed E-state index contributed by atoms with van der Waals surface area (Å²) in [5, 5.41) is 5.16. The number of imide groups is 1. The highest BCUT2D eigenvalue weighted by molar-refractivity contribution is 6.09. The van der Waals surface area contributed by atoms with Crippen molar-refractivity contribution in [3.05, 3.63) is 65.2 Å². The van der Waals surface area contributed by atoms with E-state index in [1.165, 1.54) is 19.2 Å². The van der Waals surface area contributed by atoms with Crippen LogP contribution < -0.4 is 15.4 Å². The number of amides is 4. The van der Waals surface area contributed by atoms with Gasteiger partial charge < -0.3 is 15.4 Å². The minimum atomic E-state index is -1.30. The molecule has 0 bridgehead atoms. The average molecular weight is 417 g/mol. The zero-order valence-corrected chi connectivity index (χ0v) is 16.5. The maximum absolute atomic E-state index is 13.2. The van der Waals surface area contributed by atoms with Crippen LogP contribution in [0.25, 0.3) is 0 Å². The first-order valence-electron chi connectivity index (χ1n) is 9.23. The molecule has 1 unspecified atom stereocenters. The second-order valence-corrected chi connectivity index (χ2v) is 7.05. The van der Waals surface area contributed by atoms with E-state index in [0.717, 1.165) is 11.0 Å². The zero-order valence-electron chi connectivity index (χ0n) is 16.5. The van der Waals surface area contributed by atoms with E-state index in [1.807, 2.05) is 0 Å². The lowest BCUT2D eigenvalue weighted by molar-refractivity contribution is -0.134. The maximum atomic E-state index is 13.2. The smallest absolute Gasteiger partial charge is 0.325 e. The number of methoxy groups -OCH3 is 1. The summed E-state index contributed by atoms with van der Waals surface area (Å²) in [6.45, 7) is 1.19. The summed E-state index contributed by atoms with van der Waals surface area (Å²) in [5.74, 6) is -1.91. The molecule has 2 aromatic carbocycles. The van der Waals surface area contributed by atoms with Crippen LogP contribution in [0.2, 0.25) is 0 Å². The summed E-state index contributed by atoms with van der Waals surface area (Å²) in [5.41, 5.74) is -0.365. The highest BCUT2D eigenvalue weighted by atomic mass is 19.1. The number of nitrogens with zero attached hydrogens (tertiary/aromatic N) is 1. The van der Waals surface area contributed by atoms with Crippen LogP contribution in [0.3, 0.4) is 0 Å². The van der Waals surface area contributed by atoms with Gasteiger partial charge in [-0.05, 0) is 48.7 Å². The van der Waals surface area contributed by atoms with Crippen molar-refractivity contribution in [2.75, 3.05) is 20.2 Å². The van der Waals surface area contributed by atoms with Crippen LogP contribution in [0.4, 0.5) is 13.6 Å². The number of ether oxygens (including phenoxy) is 1. The Balaban J connectivity index is 1.59. The van der Waals surface area contributed by atoms with E-state index >= 15 is 0 Å². The largest absolute Gasteiger partial charge is 0.497 e. The molecule has 2 N–H and O–H groups in total. The van der Waals surface area contributed by atoms with Gasteiger partial charge in [0.25, 0.3) is 5.91 Å². The Bertz CT molecular complexity index is 960. The highest BCUT2D eigenvalue weighted by Crippen LogP contribution is 2.29. The molecule has 0 aromatic heterocycles. The summed E-state index contributed by atoms with van der Waals surface area (Å²) in [6, 6.07) is 9.10. The van der Waals surface area contributed by atoms with Gasteiger partial charge in [-0.3, -0.25) is 14.5 Å². The lowest BCUT2D eigenvalue weighted by atomic mass is 9.92. The van der Waals surface area contributed by atoms with Crippen LogP contribution in [-0.2, 0) is 21.5 Å². The molecule has 1 atom stereocenters. The van der Waals surface area contributed by atoms with Crippen LogP contribution in [0.5, 0.6) is 5.75 Å². The Hall–Kier alpha value is -3.49. The maximum Gasteiger partial charge on any atom is 0.325 e. The number of urea groups is 1. The molecule has 1 aliphatic heterocycles. The van der Waals surface area contributed by atoms with E-state index < -0.39 is 41.6 Å². The number of nitrogens with one attached hydrogen (secondary N) is 2. The molecule has 2 aromatic rings. The van der Waals surface area contributed by atoms with Gasteiger partial charge in [-0.15, -0.1) is 0 Å². The first kappa shape index (κ1) is 21.2. The summed E-state index contributed by atoms with van der Waals surface area (Å²) >= 11 is 0. The van der Waals surface area contributed by atoms with Gasteiger partial charge in [0, 0.05) is 12.6 Å². The van der Waals surface area contributed by atoms with Crippen molar-refractivity contribution in [2.45, 2.75) is 18.9 Å². The van der Waals surface area contributed by atoms with E-state index in [9.17, 15) is 23.2 Å². The third-order valence-corrected chi connectivity index (χ3v) is 4.90. The van der Waals surface area contributed by atoms with E-state index in [2.05, 4.69) is 10.6 Å². The van der Waals surface area contributed by atoms with E-state index in [4.69, 9.17) is 4.74 Å². The first-order chi connectivity index (χ1) is 14.2. The van der Waals surface area contributed by atoms with Crippen molar-refractivity contribution >= 4 is 17.8 Å². The van der Waals surface area contributed by atoms with Crippen molar-refractivity contribution in [3.8, 4) is 5.75 Å². The Kier molecular flexibility index (Phi) is 6.00. The number of halogens is 2. The number of benzene rings is 2. The molecule has 4 amide bonds. The summed E-state index contributed by atoms with van der Waals surface area (Å²) in [6.07, 6.45) is 0.199. The van der Waals surface area contributed by atoms with Gasteiger partial charge in [0.1, 0.15) is 29.5 Å². The topological polar surface area (TPSA) is 87.7 Å². The first-order valence-corrected chi connectivity index (χ1v) is 9.23. The molecule has 0 saturated carbocycles. The molecule has 0 aliphatic carbocycles. The standard InChI is InChI=1S/C21H21F2N3O4/c1-21(14-3-5-17(30-2)6-4-14)19(28)26(20(29)25-21)12-18(27)24-8-7-13-9-15(22)11-16(23)10-13/h3-6,9-11H,7-8,12H2,1-2H3,(H,24,27)(H,25,29). The molecule has 1 aliphatic rings. The molecule has 1 heterocycles. The fourth-order valence-electron chi connectivity index (χ4n) is 3.26. The molecular weight excluding hydrogens is 396 g/mol. The van der Waals surface area contributed by atoms with Gasteiger partial charge in [0.05, 0.1) is 7.11 Å². The van der Waals surface area contributed by atoms with Gasteiger partial charge in [-0.25, -0.2) is 13.6 Å². The average Bonchev–Trinajstić information content (AvgIpc) is 2.91. The minimum Gasteiger partial charge on any atom is -0.497 e. The van der Waals surface area contributed by atoms with Crippen LogP contribution in [-0.4, -0.2) is 42.9 Å². The lowest BCUT2D eigenvalue weighted by Gasteiger charge is -2.22. The van der Waals surface area contributed by atoms with Gasteiger partial charge in [0.15, 0.2) is 0 Å². The zero-order chi connectivity index (χ0) is 21.9. The van der Waals surface area contributed by atoms with Crippen molar-refractivity contribution in [1.82, 2.24) is 15.5 Å². The van der Waals surface area contributed by atoms with Gasteiger partial charge in [0.2, 0.25) is 5.91 Å². The van der Waals surface area contributed by atoms with Crippen molar-refractivity contribution in [1.29, 1.82) is 0 Å². The van der Waals surface area contributed by atoms with Gasteiger partial charge in [-0.2, -0.15) is 0 Å². The number of hydrogen-bond acceptors (Lipinski definition) is 4. The second kappa shape index (κ2) is 8.48. The molecule has 1 saturated heterocycles. The number of hydrogen-bond donors (Lipinski definition) is 2. The van der Waals surface area contributed by atoms with E-state index in [0.29, 0.717) is 16.9 Å². The molecule has 3 rings (SSSR count). The molecule has 9 heteroatoms. The van der Waals surface area contributed by atoms with Gasteiger partial charge in [-0.1, -0.05) is 12.1 Å². The molecule has 158 valence electrons. The Morgan fingerprint density at radius 2 is 1.77 bits per heavy atom. The number of carbonyl (C=O) groups is 3. The van der Waals surface area contributed by atoms with E-state index in [-0.39, 0.29) is 13.0 Å². The second-order valence-electron chi connectivity index (χ2n) is 7.05. The predicted molar refractivity (Wildman–Crippen MR) is 104 cm³/mol. The molecule has 30 heavy (non-hydrogen) atoms. The normalized spacial score (nSPS) is 18.3. The molecular formula is C21H21F2N3O4. The van der Waals surface area contributed by atoms with Crippen LogP contribution in [0, 0.1) is 11.6 Å². The quantitative estimate of drug-likeness (QED) is 0.676. The van der Waals surface area contributed by atoms with Crippen molar-refractivity contribution in [3.63, 3.8) is 0 Å². The number of rotatable bonds is 7. The molecule has 1 fully saturated rings. The third-order valence-electron chi connectivity index (χ3n) is 4.90. The van der Waals surface area contributed by atoms with Crippen LogP contribution in [0.15, 0.2) is 42.5 Å². The monoisotopic (exact) mass is 417 g/mol. The number of carbonyl (C=O) groups excluding carboxylic acids is 3. The molecule has 0 radical (unpaired) electrons. The minimum absolute atomic E-state index is 0.0983. The Morgan fingerprint density at radius 3 is 2.37 bits per heavy atom. The molecule has 0 spiro atoms. The van der Waals surface area contributed by atoms with E-state index in [1.54, 1.807) is 31.2 Å². The Morgan fingerprint density at radius 1 is 1.13 bits per heavy atom. The highest BCUT2D eigenvalue weighted by Gasteiger charge is 2.49. The molecule has 7 nitrogen and oxygen atoms in total. The predicted octanol–water partition coefficient (Wildman–Crippen LogP) is 2.10. The van der Waals surface area contributed by atoms with Crippen LogP contribution >= 0.6 is 0 Å². The summed E-state index contributed by atoms with van der Waals surface area (Å²) in [4.78, 5) is 38.2.